The van der Waals surface area contributed by atoms with E-state index in [0.29, 0.717) is 11.4 Å². The number of thioether (sulfide) groups is 1. The second-order valence-corrected chi connectivity index (χ2v) is 9.31. The van der Waals surface area contributed by atoms with E-state index < -0.39 is 11.2 Å². The van der Waals surface area contributed by atoms with Crippen molar-refractivity contribution < 1.29 is 24.3 Å². The Kier molecular flexibility index (Phi) is 8.32. The van der Waals surface area contributed by atoms with Gasteiger partial charge in [0.05, 0.1) is 18.5 Å². The van der Waals surface area contributed by atoms with Crippen molar-refractivity contribution in [3.05, 3.63) is 90.5 Å². The maximum absolute atomic E-state index is 13.3. The molecule has 37 heavy (non-hydrogen) atoms. The molecule has 0 bridgehead atoms. The summed E-state index contributed by atoms with van der Waals surface area (Å²) in [5, 5.41) is 19.2. The number of rotatable bonds is 9. The van der Waals surface area contributed by atoms with Gasteiger partial charge in [-0.2, -0.15) is 10.1 Å². The molecule has 0 aliphatic carbocycles. The zero-order valence-electron chi connectivity index (χ0n) is 19.7. The summed E-state index contributed by atoms with van der Waals surface area (Å²) in [6.45, 7) is 0. The second kappa shape index (κ2) is 12.0. The molecule has 0 saturated heterocycles. The highest BCUT2D eigenvalue weighted by Crippen LogP contribution is 2.36. The minimum Gasteiger partial charge on any atom is -0.481 e. The SMILES string of the molecule is O=C(O)CCC(=O)Nc1ccc(SC(C(=O)NC2=NN(c3ccccc3)C(=O)C2)c2ccccc2)cc1. The third-order valence-corrected chi connectivity index (χ3v) is 6.61. The monoisotopic (exact) mass is 516 g/mol. The largest absolute Gasteiger partial charge is 0.481 e. The molecule has 0 fully saturated rings. The topological polar surface area (TPSA) is 128 Å². The molecule has 1 aliphatic rings. The zero-order valence-corrected chi connectivity index (χ0v) is 20.5. The van der Waals surface area contributed by atoms with E-state index in [1.54, 1.807) is 36.4 Å². The van der Waals surface area contributed by atoms with Crippen LogP contribution >= 0.6 is 11.8 Å². The minimum absolute atomic E-state index is 0.0108. The summed E-state index contributed by atoms with van der Waals surface area (Å²) in [5.74, 6) is -1.69. The summed E-state index contributed by atoms with van der Waals surface area (Å²) in [6, 6.07) is 25.2. The summed E-state index contributed by atoms with van der Waals surface area (Å²) in [4.78, 5) is 49.1. The van der Waals surface area contributed by atoms with Gasteiger partial charge in [0, 0.05) is 17.0 Å². The van der Waals surface area contributed by atoms with Crippen LogP contribution in [0.1, 0.15) is 30.1 Å². The van der Waals surface area contributed by atoms with Crippen LogP contribution < -0.4 is 15.6 Å². The molecule has 3 aromatic rings. The Balaban J connectivity index is 1.46. The maximum Gasteiger partial charge on any atom is 0.303 e. The predicted molar refractivity (Wildman–Crippen MR) is 141 cm³/mol. The Morgan fingerprint density at radius 3 is 2.19 bits per heavy atom. The average molecular weight is 517 g/mol. The molecule has 4 rings (SSSR count). The van der Waals surface area contributed by atoms with Gasteiger partial charge in [-0.25, -0.2) is 0 Å². The summed E-state index contributed by atoms with van der Waals surface area (Å²) in [7, 11) is 0. The lowest BCUT2D eigenvalue weighted by atomic mass is 10.1. The molecular weight excluding hydrogens is 492 g/mol. The number of amides is 3. The van der Waals surface area contributed by atoms with Crippen molar-refractivity contribution in [1.29, 1.82) is 0 Å². The molecule has 0 radical (unpaired) electrons. The lowest BCUT2D eigenvalue weighted by molar-refractivity contribution is -0.138. The van der Waals surface area contributed by atoms with E-state index in [-0.39, 0.29) is 42.8 Å². The number of para-hydroxylation sites is 1. The van der Waals surface area contributed by atoms with Crippen molar-refractivity contribution in [2.75, 3.05) is 10.3 Å². The van der Waals surface area contributed by atoms with Crippen molar-refractivity contribution in [3.63, 3.8) is 0 Å². The van der Waals surface area contributed by atoms with Crippen LogP contribution in [0.2, 0.25) is 0 Å². The standard InChI is InChI=1S/C27H24N4O5S/c32-23(15-16-25(34)35)28-19-11-13-21(14-12-19)37-26(18-7-3-1-4-8-18)27(36)29-22-17-24(33)31(30-22)20-9-5-2-6-10-20/h1-14,26H,15-17H2,(H,28,32)(H,34,35)(H,29,30,36). The number of hydrazone groups is 1. The summed E-state index contributed by atoms with van der Waals surface area (Å²) < 4.78 is 0. The number of carbonyl (C=O) groups excluding carboxylic acids is 3. The summed E-state index contributed by atoms with van der Waals surface area (Å²) in [6.07, 6.45) is -0.368. The Hall–Kier alpha value is -4.44. The number of nitrogens with one attached hydrogen (secondary N) is 2. The normalized spacial score (nSPS) is 13.6. The van der Waals surface area contributed by atoms with Crippen molar-refractivity contribution in [2.24, 2.45) is 5.10 Å². The number of nitrogens with zero attached hydrogens (tertiary/aromatic N) is 2. The first-order valence-corrected chi connectivity index (χ1v) is 12.4. The van der Waals surface area contributed by atoms with E-state index in [2.05, 4.69) is 15.7 Å². The van der Waals surface area contributed by atoms with Crippen LogP contribution in [0.15, 0.2) is 94.9 Å². The number of anilines is 2. The van der Waals surface area contributed by atoms with Crippen LogP contribution in [0.25, 0.3) is 0 Å². The van der Waals surface area contributed by atoms with E-state index in [1.165, 1.54) is 16.8 Å². The number of amidine groups is 1. The second-order valence-electron chi connectivity index (χ2n) is 8.13. The molecular formula is C27H24N4O5S. The van der Waals surface area contributed by atoms with Crippen LogP contribution in [-0.4, -0.2) is 34.6 Å². The molecule has 3 amide bonds. The number of hydrogen-bond donors (Lipinski definition) is 3. The molecule has 3 N–H and O–H groups in total. The van der Waals surface area contributed by atoms with E-state index in [0.717, 1.165) is 10.5 Å². The summed E-state index contributed by atoms with van der Waals surface area (Å²) >= 11 is 1.32. The van der Waals surface area contributed by atoms with Crippen LogP contribution in [0.4, 0.5) is 11.4 Å². The first kappa shape index (κ1) is 25.6. The van der Waals surface area contributed by atoms with Crippen molar-refractivity contribution in [3.8, 4) is 0 Å². The van der Waals surface area contributed by atoms with Gasteiger partial charge in [0.1, 0.15) is 11.1 Å². The van der Waals surface area contributed by atoms with Gasteiger partial charge < -0.3 is 15.7 Å². The highest BCUT2D eigenvalue weighted by atomic mass is 32.2. The first-order valence-electron chi connectivity index (χ1n) is 11.5. The van der Waals surface area contributed by atoms with Crippen LogP contribution in [-0.2, 0) is 19.2 Å². The summed E-state index contributed by atoms with van der Waals surface area (Å²) in [5.41, 5.74) is 1.93. The number of carbonyl (C=O) groups is 4. The van der Waals surface area contributed by atoms with E-state index in [4.69, 9.17) is 5.11 Å². The minimum atomic E-state index is -1.03. The smallest absolute Gasteiger partial charge is 0.303 e. The number of benzene rings is 3. The molecule has 0 spiro atoms. The quantitative estimate of drug-likeness (QED) is 0.366. The van der Waals surface area contributed by atoms with Gasteiger partial charge in [-0.1, -0.05) is 48.5 Å². The Morgan fingerprint density at radius 1 is 0.892 bits per heavy atom. The van der Waals surface area contributed by atoms with Gasteiger partial charge in [0.2, 0.25) is 11.8 Å². The Labute approximate surface area is 217 Å². The van der Waals surface area contributed by atoms with Crippen molar-refractivity contribution in [1.82, 2.24) is 5.32 Å². The number of carboxylic acids is 1. The van der Waals surface area contributed by atoms with Gasteiger partial charge in [0.15, 0.2) is 0 Å². The van der Waals surface area contributed by atoms with Crippen molar-refractivity contribution >= 4 is 52.7 Å². The van der Waals surface area contributed by atoms with E-state index >= 15 is 0 Å². The molecule has 188 valence electrons. The first-order chi connectivity index (χ1) is 17.9. The van der Waals surface area contributed by atoms with Crippen LogP contribution in [0.5, 0.6) is 0 Å². The van der Waals surface area contributed by atoms with Gasteiger partial charge >= 0.3 is 5.97 Å². The van der Waals surface area contributed by atoms with E-state index in [1.807, 2.05) is 48.5 Å². The third kappa shape index (κ3) is 7.05. The van der Waals surface area contributed by atoms with Gasteiger partial charge in [-0.15, -0.1) is 11.8 Å². The van der Waals surface area contributed by atoms with Crippen molar-refractivity contribution in [2.45, 2.75) is 29.4 Å². The molecule has 0 aromatic heterocycles. The molecule has 1 aliphatic heterocycles. The molecule has 3 aromatic carbocycles. The molecule has 1 heterocycles. The fourth-order valence-corrected chi connectivity index (χ4v) is 4.60. The Morgan fingerprint density at radius 2 is 1.54 bits per heavy atom. The number of aliphatic carboxylic acids is 1. The molecule has 1 unspecified atom stereocenters. The van der Waals surface area contributed by atoms with Gasteiger partial charge in [0.25, 0.3) is 5.91 Å². The zero-order chi connectivity index (χ0) is 26.2. The fourth-order valence-electron chi connectivity index (χ4n) is 3.58. The Bertz CT molecular complexity index is 1310. The highest BCUT2D eigenvalue weighted by Gasteiger charge is 2.29. The fraction of sp³-hybridized carbons (Fsp3) is 0.148. The molecule has 10 heteroatoms. The highest BCUT2D eigenvalue weighted by molar-refractivity contribution is 8.00. The molecule has 1 atom stereocenters. The third-order valence-electron chi connectivity index (χ3n) is 5.34. The maximum atomic E-state index is 13.3. The number of carboxylic acid groups (broad SMARTS) is 1. The average Bonchev–Trinajstić information content (AvgIpc) is 3.27. The lowest BCUT2D eigenvalue weighted by Crippen LogP contribution is -2.33. The van der Waals surface area contributed by atoms with Crippen LogP contribution in [0.3, 0.4) is 0 Å². The number of hydrogen-bond acceptors (Lipinski definition) is 6. The van der Waals surface area contributed by atoms with Gasteiger partial charge in [-0.3, -0.25) is 19.2 Å². The van der Waals surface area contributed by atoms with E-state index in [9.17, 15) is 19.2 Å². The van der Waals surface area contributed by atoms with Gasteiger partial charge in [-0.05, 0) is 42.0 Å². The molecule has 0 saturated carbocycles. The van der Waals surface area contributed by atoms with Crippen LogP contribution in [0, 0.1) is 0 Å². The molecule has 9 nitrogen and oxygen atoms in total. The predicted octanol–water partition coefficient (Wildman–Crippen LogP) is 4.19. The lowest BCUT2D eigenvalue weighted by Gasteiger charge is -2.17.